The van der Waals surface area contributed by atoms with Crippen LogP contribution in [0.4, 0.5) is 17.6 Å². The Morgan fingerprint density at radius 2 is 1.76 bits per heavy atom. The minimum absolute atomic E-state index is 0.110. The minimum atomic E-state index is -3.08. The highest BCUT2D eigenvalue weighted by Crippen LogP contribution is 2.23. The molecule has 0 fully saturated rings. The lowest BCUT2D eigenvalue weighted by molar-refractivity contribution is -0.0501. The molecule has 0 N–H and O–H groups in total. The number of alkyl halides is 2. The molecular formula is C15H10F4O2. The summed E-state index contributed by atoms with van der Waals surface area (Å²) in [4.78, 5) is 12.1. The fourth-order valence-electron chi connectivity index (χ4n) is 1.85. The average molecular weight is 298 g/mol. The monoisotopic (exact) mass is 298 g/mol. The van der Waals surface area contributed by atoms with Gasteiger partial charge >= 0.3 is 6.61 Å². The summed E-state index contributed by atoms with van der Waals surface area (Å²) in [5.74, 6) is -3.14. The molecular weight excluding hydrogens is 288 g/mol. The van der Waals surface area contributed by atoms with Gasteiger partial charge in [-0.2, -0.15) is 8.78 Å². The van der Waals surface area contributed by atoms with Crippen LogP contribution in [-0.2, 0) is 6.42 Å². The van der Waals surface area contributed by atoms with Crippen LogP contribution >= 0.6 is 0 Å². The molecule has 2 aromatic rings. The molecule has 0 radical (unpaired) electrons. The van der Waals surface area contributed by atoms with Gasteiger partial charge in [-0.15, -0.1) is 0 Å². The van der Waals surface area contributed by atoms with Gasteiger partial charge < -0.3 is 4.74 Å². The van der Waals surface area contributed by atoms with Crippen molar-refractivity contribution in [2.45, 2.75) is 13.0 Å². The Morgan fingerprint density at radius 1 is 1.05 bits per heavy atom. The van der Waals surface area contributed by atoms with Crippen LogP contribution in [0.2, 0.25) is 0 Å². The first kappa shape index (κ1) is 15.0. The fraction of sp³-hybridized carbons (Fsp3) is 0.133. The number of ketones is 1. The zero-order valence-electron chi connectivity index (χ0n) is 10.7. The van der Waals surface area contributed by atoms with Crippen molar-refractivity contribution in [3.8, 4) is 5.75 Å². The molecule has 0 atom stereocenters. The summed E-state index contributed by atoms with van der Waals surface area (Å²) in [5.41, 5.74) is -0.256. The Labute approximate surface area is 118 Å². The number of carbonyl (C=O) groups excluding carboxylic acids is 1. The van der Waals surface area contributed by atoms with Crippen molar-refractivity contribution in [1.82, 2.24) is 0 Å². The molecule has 0 saturated heterocycles. The second-order valence-corrected chi connectivity index (χ2v) is 4.19. The van der Waals surface area contributed by atoms with E-state index in [1.807, 2.05) is 0 Å². The lowest BCUT2D eigenvalue weighted by atomic mass is 10.0. The smallest absolute Gasteiger partial charge is 0.387 e. The van der Waals surface area contributed by atoms with Crippen molar-refractivity contribution in [3.05, 3.63) is 65.2 Å². The number of ether oxygens (including phenoxy) is 1. The van der Waals surface area contributed by atoms with Gasteiger partial charge in [0.25, 0.3) is 0 Å². The van der Waals surface area contributed by atoms with E-state index in [0.29, 0.717) is 0 Å². The van der Waals surface area contributed by atoms with E-state index < -0.39 is 30.5 Å². The van der Waals surface area contributed by atoms with E-state index in [1.165, 1.54) is 36.4 Å². The van der Waals surface area contributed by atoms with E-state index in [9.17, 15) is 22.4 Å². The Balaban J connectivity index is 2.27. The molecule has 0 bridgehead atoms. The van der Waals surface area contributed by atoms with E-state index in [1.54, 1.807) is 0 Å². The molecule has 0 aliphatic carbocycles. The summed E-state index contributed by atoms with van der Waals surface area (Å²) in [6.07, 6.45) is -0.451. The zero-order valence-corrected chi connectivity index (χ0v) is 10.7. The van der Waals surface area contributed by atoms with Crippen molar-refractivity contribution >= 4 is 5.78 Å². The van der Waals surface area contributed by atoms with Crippen LogP contribution in [0.25, 0.3) is 0 Å². The first-order valence-corrected chi connectivity index (χ1v) is 5.99. The Kier molecular flexibility index (Phi) is 4.57. The largest absolute Gasteiger partial charge is 0.434 e. The second kappa shape index (κ2) is 6.39. The van der Waals surface area contributed by atoms with Gasteiger partial charge in [-0.25, -0.2) is 8.78 Å². The molecule has 0 heterocycles. The van der Waals surface area contributed by atoms with Crippen molar-refractivity contribution < 1.29 is 27.1 Å². The third-order valence-corrected chi connectivity index (χ3v) is 2.79. The van der Waals surface area contributed by atoms with Crippen molar-refractivity contribution in [2.75, 3.05) is 0 Å². The van der Waals surface area contributed by atoms with E-state index in [2.05, 4.69) is 4.74 Å². The van der Waals surface area contributed by atoms with Crippen LogP contribution < -0.4 is 4.74 Å². The SMILES string of the molecule is O=C(Cc1cccc(F)c1F)c1ccccc1OC(F)F. The topological polar surface area (TPSA) is 26.3 Å². The third kappa shape index (κ3) is 3.59. The number of hydrogen-bond acceptors (Lipinski definition) is 2. The highest BCUT2D eigenvalue weighted by Gasteiger charge is 2.18. The van der Waals surface area contributed by atoms with Gasteiger partial charge in [0.2, 0.25) is 0 Å². The molecule has 0 amide bonds. The summed E-state index contributed by atoms with van der Waals surface area (Å²) in [7, 11) is 0. The maximum Gasteiger partial charge on any atom is 0.387 e. The van der Waals surface area contributed by atoms with E-state index in [0.717, 1.165) is 6.07 Å². The molecule has 0 aromatic heterocycles. The molecule has 110 valence electrons. The molecule has 0 aliphatic heterocycles. The predicted octanol–water partition coefficient (Wildman–Crippen LogP) is 3.99. The lowest BCUT2D eigenvalue weighted by Gasteiger charge is -2.10. The van der Waals surface area contributed by atoms with E-state index in [-0.39, 0.29) is 16.9 Å². The van der Waals surface area contributed by atoms with Crippen molar-refractivity contribution in [1.29, 1.82) is 0 Å². The zero-order chi connectivity index (χ0) is 15.4. The highest BCUT2D eigenvalue weighted by molar-refractivity contribution is 6.00. The Morgan fingerprint density at radius 3 is 2.48 bits per heavy atom. The minimum Gasteiger partial charge on any atom is -0.434 e. The van der Waals surface area contributed by atoms with Crippen LogP contribution in [0.1, 0.15) is 15.9 Å². The molecule has 6 heteroatoms. The Bertz CT molecular complexity index is 656. The summed E-state index contributed by atoms with van der Waals surface area (Å²) in [5, 5.41) is 0. The van der Waals surface area contributed by atoms with E-state index >= 15 is 0 Å². The van der Waals surface area contributed by atoms with Crippen molar-refractivity contribution in [2.24, 2.45) is 0 Å². The first-order chi connectivity index (χ1) is 9.99. The standard InChI is InChI=1S/C15H10F4O2/c16-11-6-3-4-9(14(11)17)8-12(20)10-5-1-2-7-13(10)21-15(18)19/h1-7,15H,8H2. The molecule has 0 aliphatic rings. The van der Waals surface area contributed by atoms with Crippen LogP contribution in [0.15, 0.2) is 42.5 Å². The molecule has 0 unspecified atom stereocenters. The van der Waals surface area contributed by atoms with Gasteiger partial charge in [0.1, 0.15) is 5.75 Å². The van der Waals surface area contributed by atoms with Crippen LogP contribution in [0.3, 0.4) is 0 Å². The van der Waals surface area contributed by atoms with Crippen LogP contribution in [-0.4, -0.2) is 12.4 Å². The third-order valence-electron chi connectivity index (χ3n) is 2.79. The normalized spacial score (nSPS) is 10.7. The van der Waals surface area contributed by atoms with Gasteiger partial charge in [0, 0.05) is 6.42 Å². The molecule has 21 heavy (non-hydrogen) atoms. The first-order valence-electron chi connectivity index (χ1n) is 5.99. The number of hydrogen-bond donors (Lipinski definition) is 0. The molecule has 2 rings (SSSR count). The molecule has 2 nitrogen and oxygen atoms in total. The number of benzene rings is 2. The van der Waals surface area contributed by atoms with Gasteiger partial charge in [-0.05, 0) is 23.8 Å². The summed E-state index contributed by atoms with van der Waals surface area (Å²) < 4.78 is 55.3. The second-order valence-electron chi connectivity index (χ2n) is 4.19. The predicted molar refractivity (Wildman–Crippen MR) is 67.5 cm³/mol. The number of para-hydroxylation sites is 1. The molecule has 2 aromatic carbocycles. The number of rotatable bonds is 5. The molecule has 0 saturated carbocycles. The van der Waals surface area contributed by atoms with Gasteiger partial charge in [-0.1, -0.05) is 24.3 Å². The van der Waals surface area contributed by atoms with Gasteiger partial charge in [0.15, 0.2) is 17.4 Å². The maximum absolute atomic E-state index is 13.5. The molecule has 0 spiro atoms. The quantitative estimate of drug-likeness (QED) is 0.616. The summed E-state index contributed by atoms with van der Waals surface area (Å²) in [6.45, 7) is -3.08. The maximum atomic E-state index is 13.5. The number of carbonyl (C=O) groups is 1. The van der Waals surface area contributed by atoms with Gasteiger partial charge in [-0.3, -0.25) is 4.79 Å². The highest BCUT2D eigenvalue weighted by atomic mass is 19.3. The van der Waals surface area contributed by atoms with Crippen LogP contribution in [0, 0.1) is 11.6 Å². The lowest BCUT2D eigenvalue weighted by Crippen LogP contribution is -2.10. The average Bonchev–Trinajstić information content (AvgIpc) is 2.44. The Hall–Kier alpha value is -2.37. The summed E-state index contributed by atoms with van der Waals surface area (Å²) >= 11 is 0. The van der Waals surface area contributed by atoms with Crippen LogP contribution in [0.5, 0.6) is 5.75 Å². The fourth-order valence-corrected chi connectivity index (χ4v) is 1.85. The van der Waals surface area contributed by atoms with Crippen molar-refractivity contribution in [3.63, 3.8) is 0 Å². The van der Waals surface area contributed by atoms with E-state index in [4.69, 9.17) is 0 Å². The van der Waals surface area contributed by atoms with Gasteiger partial charge in [0.05, 0.1) is 5.56 Å². The number of halogens is 4. The summed E-state index contributed by atoms with van der Waals surface area (Å²) in [6, 6.07) is 8.84. The number of Topliss-reactive ketones (excluding diaryl/α,β-unsaturated/α-hetero) is 1.